The van der Waals surface area contributed by atoms with Gasteiger partial charge in [-0.05, 0) is 32.9 Å². The van der Waals surface area contributed by atoms with Crippen LogP contribution in [0.25, 0.3) is 0 Å². The summed E-state index contributed by atoms with van der Waals surface area (Å²) in [6.45, 7) is 7.63. The van der Waals surface area contributed by atoms with Gasteiger partial charge in [0, 0.05) is 19.8 Å². The monoisotopic (exact) mass is 226 g/mol. The van der Waals surface area contributed by atoms with Crippen LogP contribution in [0.4, 0.5) is 0 Å². The van der Waals surface area contributed by atoms with Crippen molar-refractivity contribution in [2.24, 2.45) is 0 Å². The van der Waals surface area contributed by atoms with Crippen molar-refractivity contribution in [2.45, 2.75) is 32.9 Å². The minimum absolute atomic E-state index is 0. The zero-order chi connectivity index (χ0) is 9.45. The fourth-order valence-electron chi connectivity index (χ4n) is 1.20. The van der Waals surface area contributed by atoms with Crippen molar-refractivity contribution in [3.8, 4) is 0 Å². The van der Waals surface area contributed by atoms with Gasteiger partial charge in [0.2, 0.25) is 0 Å². The minimum atomic E-state index is -1.93. The molecular formula is C8H23O3PSi. The summed E-state index contributed by atoms with van der Waals surface area (Å²) < 4.78 is 11.2. The van der Waals surface area contributed by atoms with Gasteiger partial charge in [-0.15, -0.1) is 0 Å². The Balaban J connectivity index is 0. The smallest absolute Gasteiger partial charge is 0.334 e. The van der Waals surface area contributed by atoms with Crippen molar-refractivity contribution in [3.63, 3.8) is 0 Å². The van der Waals surface area contributed by atoms with Gasteiger partial charge in [0.15, 0.2) is 0 Å². The number of hydrogen-bond acceptors (Lipinski definition) is 3. The molecule has 0 saturated carbocycles. The second kappa shape index (κ2) is 9.10. The van der Waals surface area contributed by atoms with Crippen LogP contribution in [0.15, 0.2) is 0 Å². The first-order valence-electron chi connectivity index (χ1n) is 4.57. The fraction of sp³-hybridized carbons (Fsp3) is 1.00. The zero-order valence-corrected chi connectivity index (χ0v) is 11.4. The molecule has 0 aromatic rings. The molecule has 3 nitrogen and oxygen atoms in total. The Bertz CT molecular complexity index is 108. The van der Waals surface area contributed by atoms with E-state index in [1.807, 2.05) is 13.8 Å². The van der Waals surface area contributed by atoms with E-state index < -0.39 is 8.56 Å². The summed E-state index contributed by atoms with van der Waals surface area (Å²) in [5.41, 5.74) is 0. The molecule has 0 aliphatic carbocycles. The van der Waals surface area contributed by atoms with Gasteiger partial charge in [0.1, 0.15) is 0 Å². The Labute approximate surface area is 85.7 Å². The van der Waals surface area contributed by atoms with Crippen molar-refractivity contribution < 1.29 is 14.0 Å². The highest BCUT2D eigenvalue weighted by atomic mass is 31.0. The Hall–Kier alpha value is 0.527. The molecule has 0 heterocycles. The van der Waals surface area contributed by atoms with Crippen molar-refractivity contribution >= 4 is 18.5 Å². The first-order chi connectivity index (χ1) is 5.68. The number of rotatable bonds is 7. The number of hydrogen-bond donors (Lipinski definition) is 1. The van der Waals surface area contributed by atoms with Gasteiger partial charge >= 0.3 is 8.56 Å². The second-order valence-corrected chi connectivity index (χ2v) is 6.17. The number of aliphatic hydroxyl groups is 1. The average Bonchev–Trinajstić information content (AvgIpc) is 2.02. The molecular weight excluding hydrogens is 203 g/mol. The highest BCUT2D eigenvalue weighted by molar-refractivity contribution is 6.92. The summed E-state index contributed by atoms with van der Waals surface area (Å²) in [4.78, 5) is 0. The molecule has 0 amide bonds. The molecule has 5 heteroatoms. The Morgan fingerprint density at radius 1 is 1.15 bits per heavy atom. The Morgan fingerprint density at radius 3 is 1.92 bits per heavy atom. The molecule has 1 atom stereocenters. The van der Waals surface area contributed by atoms with E-state index in [1.165, 1.54) is 0 Å². The minimum Gasteiger partial charge on any atom is -0.396 e. The fourth-order valence-corrected chi connectivity index (χ4v) is 3.59. The largest absolute Gasteiger partial charge is 0.396 e. The van der Waals surface area contributed by atoms with E-state index in [9.17, 15) is 0 Å². The maximum Gasteiger partial charge on any atom is 0.334 e. The number of aliphatic hydroxyl groups excluding tert-OH is 1. The third kappa shape index (κ3) is 7.59. The molecule has 0 aromatic heterocycles. The molecule has 0 saturated heterocycles. The van der Waals surface area contributed by atoms with E-state index >= 15 is 0 Å². The van der Waals surface area contributed by atoms with Crippen molar-refractivity contribution in [2.75, 3.05) is 19.8 Å². The van der Waals surface area contributed by atoms with Gasteiger partial charge in [-0.2, -0.15) is 9.90 Å². The third-order valence-electron chi connectivity index (χ3n) is 1.69. The Morgan fingerprint density at radius 2 is 1.62 bits per heavy atom. The summed E-state index contributed by atoms with van der Waals surface area (Å²) in [6, 6.07) is 0.880. The van der Waals surface area contributed by atoms with Crippen molar-refractivity contribution in [1.82, 2.24) is 0 Å². The van der Waals surface area contributed by atoms with E-state index in [1.54, 1.807) is 0 Å². The van der Waals surface area contributed by atoms with E-state index in [4.69, 9.17) is 14.0 Å². The first-order valence-corrected chi connectivity index (χ1v) is 7.09. The van der Waals surface area contributed by atoms with Gasteiger partial charge in [0.05, 0.1) is 0 Å². The average molecular weight is 226 g/mol. The van der Waals surface area contributed by atoms with Crippen LogP contribution in [0.3, 0.4) is 0 Å². The van der Waals surface area contributed by atoms with Crippen LogP contribution in [0.1, 0.15) is 20.3 Å². The van der Waals surface area contributed by atoms with Crippen LogP contribution in [0.2, 0.25) is 12.6 Å². The van der Waals surface area contributed by atoms with E-state index in [0.717, 1.165) is 12.5 Å². The molecule has 82 valence electrons. The standard InChI is InChI=1S/C8H20O3Si.H3P/c1-4-10-12(3,11-5-2)8-6-7-9;/h9H,4-8H2,1-3H3;1H3. The first kappa shape index (κ1) is 16.0. The van der Waals surface area contributed by atoms with Crippen LogP contribution in [-0.2, 0) is 8.85 Å². The summed E-state index contributed by atoms with van der Waals surface area (Å²) in [5, 5.41) is 8.68. The van der Waals surface area contributed by atoms with Gasteiger partial charge < -0.3 is 14.0 Å². The van der Waals surface area contributed by atoms with Crippen LogP contribution in [0.5, 0.6) is 0 Å². The van der Waals surface area contributed by atoms with Crippen molar-refractivity contribution in [1.29, 1.82) is 0 Å². The van der Waals surface area contributed by atoms with Crippen LogP contribution < -0.4 is 0 Å². The maximum atomic E-state index is 8.68. The lowest BCUT2D eigenvalue weighted by molar-refractivity contribution is 0.184. The molecule has 0 bridgehead atoms. The molecule has 1 N–H and O–H groups in total. The van der Waals surface area contributed by atoms with E-state index in [2.05, 4.69) is 6.55 Å². The highest BCUT2D eigenvalue weighted by Gasteiger charge is 2.29. The molecule has 0 aromatic carbocycles. The molecule has 0 spiro atoms. The normalized spacial score (nSPS) is 11.1. The quantitative estimate of drug-likeness (QED) is 0.529. The molecule has 13 heavy (non-hydrogen) atoms. The highest BCUT2D eigenvalue weighted by Crippen LogP contribution is 2.15. The predicted molar refractivity (Wildman–Crippen MR) is 62.5 cm³/mol. The third-order valence-corrected chi connectivity index (χ3v) is 4.75. The van der Waals surface area contributed by atoms with Gasteiger partial charge in [-0.1, -0.05) is 0 Å². The molecule has 0 radical (unpaired) electrons. The topological polar surface area (TPSA) is 38.7 Å². The van der Waals surface area contributed by atoms with Crippen LogP contribution >= 0.6 is 9.90 Å². The SMILES string of the molecule is CCO[Si](C)(CCCO)OCC.P. The molecule has 0 rings (SSSR count). The van der Waals surface area contributed by atoms with E-state index in [-0.39, 0.29) is 16.5 Å². The van der Waals surface area contributed by atoms with Crippen LogP contribution in [-0.4, -0.2) is 33.5 Å². The molecule has 1 unspecified atom stereocenters. The van der Waals surface area contributed by atoms with E-state index in [0.29, 0.717) is 13.2 Å². The summed E-state index contributed by atoms with van der Waals surface area (Å²) in [5.74, 6) is 0. The Kier molecular flexibility index (Phi) is 11.2. The van der Waals surface area contributed by atoms with Gasteiger partial charge in [-0.25, -0.2) is 0 Å². The molecule has 0 aliphatic heterocycles. The van der Waals surface area contributed by atoms with Gasteiger partial charge in [0.25, 0.3) is 0 Å². The lowest BCUT2D eigenvalue weighted by atomic mass is 10.5. The summed E-state index contributed by atoms with van der Waals surface area (Å²) in [7, 11) is -1.93. The molecule has 0 aliphatic rings. The summed E-state index contributed by atoms with van der Waals surface area (Å²) >= 11 is 0. The zero-order valence-electron chi connectivity index (χ0n) is 9.01. The molecule has 0 fully saturated rings. The predicted octanol–water partition coefficient (Wildman–Crippen LogP) is 1.57. The van der Waals surface area contributed by atoms with Crippen molar-refractivity contribution in [3.05, 3.63) is 0 Å². The van der Waals surface area contributed by atoms with Crippen LogP contribution in [0, 0.1) is 0 Å². The second-order valence-electron chi connectivity index (χ2n) is 2.83. The maximum absolute atomic E-state index is 8.68. The van der Waals surface area contributed by atoms with Gasteiger partial charge in [-0.3, -0.25) is 0 Å². The lowest BCUT2D eigenvalue weighted by Crippen LogP contribution is -2.38. The lowest BCUT2D eigenvalue weighted by Gasteiger charge is -2.25. The summed E-state index contributed by atoms with van der Waals surface area (Å²) in [6.07, 6.45) is 0.780.